The number of ether oxygens (including phenoxy) is 1. The Kier molecular flexibility index (Phi) is 6.32. The maximum Gasteiger partial charge on any atom is 0.279 e. The average molecular weight is 504 g/mol. The summed E-state index contributed by atoms with van der Waals surface area (Å²) in [5, 5.41) is 4.43. The van der Waals surface area contributed by atoms with Gasteiger partial charge in [-0.1, -0.05) is 24.3 Å². The molecule has 4 rings (SSSR count). The fourth-order valence-electron chi connectivity index (χ4n) is 3.67. The van der Waals surface area contributed by atoms with Gasteiger partial charge in [0, 0.05) is 12.1 Å². The lowest BCUT2D eigenvalue weighted by atomic mass is 9.99. The van der Waals surface area contributed by atoms with Crippen LogP contribution in [0, 0.1) is 5.82 Å². The van der Waals surface area contributed by atoms with E-state index >= 15 is 0 Å². The van der Waals surface area contributed by atoms with Gasteiger partial charge in [-0.05, 0) is 59.7 Å². The van der Waals surface area contributed by atoms with Crippen LogP contribution in [0.3, 0.4) is 0 Å². The predicted octanol–water partition coefficient (Wildman–Crippen LogP) is 3.75. The van der Waals surface area contributed by atoms with E-state index in [1.807, 2.05) is 0 Å². The lowest BCUT2D eigenvalue weighted by Crippen LogP contribution is -2.27. The molecule has 1 N–H and O–H groups in total. The number of nitrogens with one attached hydrogen (secondary N) is 1. The van der Waals surface area contributed by atoms with Gasteiger partial charge < -0.3 is 4.74 Å². The zero-order valence-electron chi connectivity index (χ0n) is 18.3. The van der Waals surface area contributed by atoms with Crippen LogP contribution in [-0.4, -0.2) is 40.3 Å². The highest BCUT2D eigenvalue weighted by molar-refractivity contribution is 7.92. The zero-order valence-corrected chi connectivity index (χ0v) is 20.0. The Hall–Kier alpha value is -3.44. The van der Waals surface area contributed by atoms with E-state index in [0.717, 1.165) is 22.8 Å². The lowest BCUT2D eigenvalue weighted by Gasteiger charge is -2.23. The van der Waals surface area contributed by atoms with Crippen molar-refractivity contribution in [3.63, 3.8) is 0 Å². The Bertz CT molecular complexity index is 1460. The van der Waals surface area contributed by atoms with Gasteiger partial charge in [0.2, 0.25) is 10.0 Å². The van der Waals surface area contributed by atoms with Crippen molar-refractivity contribution >= 4 is 31.4 Å². The molecule has 3 aromatic rings. The molecule has 0 saturated heterocycles. The second-order valence-corrected chi connectivity index (χ2v) is 11.3. The van der Waals surface area contributed by atoms with Crippen LogP contribution in [0.4, 0.5) is 10.1 Å². The van der Waals surface area contributed by atoms with Crippen LogP contribution >= 0.6 is 0 Å². The Morgan fingerprint density at radius 3 is 2.38 bits per heavy atom. The van der Waals surface area contributed by atoms with E-state index in [9.17, 15) is 21.2 Å². The molecule has 0 aliphatic carbocycles. The van der Waals surface area contributed by atoms with E-state index in [1.54, 1.807) is 48.5 Å². The van der Waals surface area contributed by atoms with Gasteiger partial charge in [0.05, 0.1) is 30.0 Å². The lowest BCUT2D eigenvalue weighted by molar-refractivity contribution is 0.368. The van der Waals surface area contributed by atoms with E-state index in [2.05, 4.69) is 9.82 Å². The molecule has 11 heteroatoms. The largest absolute Gasteiger partial charge is 0.497 e. The van der Waals surface area contributed by atoms with Gasteiger partial charge in [-0.25, -0.2) is 12.8 Å². The Morgan fingerprint density at radius 1 is 1.00 bits per heavy atom. The van der Waals surface area contributed by atoms with Gasteiger partial charge in [0.1, 0.15) is 11.6 Å². The van der Waals surface area contributed by atoms with Gasteiger partial charge in [-0.2, -0.15) is 17.9 Å². The van der Waals surface area contributed by atoms with Crippen LogP contribution in [-0.2, 0) is 20.0 Å². The number of anilines is 1. The summed E-state index contributed by atoms with van der Waals surface area (Å²) < 4.78 is 72.4. The first-order chi connectivity index (χ1) is 16.1. The smallest absolute Gasteiger partial charge is 0.279 e. The first kappa shape index (κ1) is 23.7. The molecule has 0 radical (unpaired) electrons. The SMILES string of the molecule is COc1cccc([C@@H]2CC(c3cccc(NS(C)(=O)=O)c3)=NN2S(=O)(=O)c2ccc(F)cc2)c1. The van der Waals surface area contributed by atoms with Crippen molar-refractivity contribution in [1.29, 1.82) is 0 Å². The van der Waals surface area contributed by atoms with Crippen molar-refractivity contribution in [2.75, 3.05) is 18.1 Å². The predicted molar refractivity (Wildman–Crippen MR) is 127 cm³/mol. The summed E-state index contributed by atoms with van der Waals surface area (Å²) in [6.45, 7) is 0. The third-order valence-electron chi connectivity index (χ3n) is 5.21. The highest BCUT2D eigenvalue weighted by atomic mass is 32.2. The van der Waals surface area contributed by atoms with E-state index in [-0.39, 0.29) is 11.3 Å². The molecular formula is C23H22FN3O5S2. The molecule has 178 valence electrons. The number of sulfonamides is 2. The molecule has 0 saturated carbocycles. The van der Waals surface area contributed by atoms with Crippen LogP contribution in [0.15, 0.2) is 82.8 Å². The summed E-state index contributed by atoms with van der Waals surface area (Å²) in [6, 6.07) is 17.4. The highest BCUT2D eigenvalue weighted by Gasteiger charge is 2.38. The maximum absolute atomic E-state index is 13.5. The molecule has 0 bridgehead atoms. The molecular weight excluding hydrogens is 481 g/mol. The highest BCUT2D eigenvalue weighted by Crippen LogP contribution is 2.38. The van der Waals surface area contributed by atoms with Gasteiger partial charge in [-0.15, -0.1) is 0 Å². The number of benzene rings is 3. The van der Waals surface area contributed by atoms with Crippen molar-refractivity contribution in [2.24, 2.45) is 5.10 Å². The van der Waals surface area contributed by atoms with Gasteiger partial charge >= 0.3 is 0 Å². The Balaban J connectivity index is 1.79. The molecule has 1 aliphatic rings. The van der Waals surface area contributed by atoms with Crippen molar-refractivity contribution in [3.8, 4) is 5.75 Å². The second kappa shape index (κ2) is 9.07. The third-order valence-corrected chi connectivity index (χ3v) is 7.51. The van der Waals surface area contributed by atoms with Crippen molar-refractivity contribution in [1.82, 2.24) is 4.41 Å². The maximum atomic E-state index is 13.5. The molecule has 0 spiro atoms. The minimum atomic E-state index is -4.13. The Labute approximate surface area is 197 Å². The molecule has 1 aliphatic heterocycles. The minimum Gasteiger partial charge on any atom is -0.497 e. The number of halogens is 1. The van der Waals surface area contributed by atoms with Crippen molar-refractivity contribution in [3.05, 3.63) is 89.7 Å². The number of hydrogen-bond acceptors (Lipinski definition) is 6. The molecule has 0 amide bonds. The van der Waals surface area contributed by atoms with E-state index in [4.69, 9.17) is 4.74 Å². The first-order valence-corrected chi connectivity index (χ1v) is 13.5. The summed E-state index contributed by atoms with van der Waals surface area (Å²) in [6.07, 6.45) is 1.28. The number of nitrogens with zero attached hydrogens (tertiary/aromatic N) is 2. The third kappa shape index (κ3) is 5.05. The summed E-state index contributed by atoms with van der Waals surface area (Å²) in [5.41, 5.74) is 2.02. The van der Waals surface area contributed by atoms with Crippen LogP contribution < -0.4 is 9.46 Å². The number of rotatable bonds is 7. The average Bonchev–Trinajstić information content (AvgIpc) is 3.25. The number of methoxy groups -OCH3 is 1. The molecule has 1 heterocycles. The standard InChI is InChI=1S/C23H22FN3O5S2/c1-32-20-8-4-6-17(14-20)23-15-22(16-5-3-7-19(13-16)26-33(2,28)29)25-27(23)34(30,31)21-11-9-18(24)10-12-21/h3-14,23,26H,15H2,1-2H3/t23-/m0/s1. The molecule has 0 aromatic heterocycles. The summed E-state index contributed by atoms with van der Waals surface area (Å²) >= 11 is 0. The topological polar surface area (TPSA) is 105 Å². The molecule has 0 unspecified atom stereocenters. The zero-order chi connectivity index (χ0) is 24.5. The summed E-state index contributed by atoms with van der Waals surface area (Å²) in [7, 11) is -6.10. The van der Waals surface area contributed by atoms with Crippen LogP contribution in [0.25, 0.3) is 0 Å². The summed E-state index contributed by atoms with van der Waals surface area (Å²) in [5.74, 6) is 0.00790. The molecule has 34 heavy (non-hydrogen) atoms. The second-order valence-electron chi connectivity index (χ2n) is 7.73. The van der Waals surface area contributed by atoms with E-state index in [1.165, 1.54) is 19.2 Å². The quantitative estimate of drug-likeness (QED) is 0.529. The number of hydrogen-bond donors (Lipinski definition) is 1. The monoisotopic (exact) mass is 503 g/mol. The normalized spacial score (nSPS) is 16.3. The molecule has 3 aromatic carbocycles. The fraction of sp³-hybridized carbons (Fsp3) is 0.174. The Morgan fingerprint density at radius 2 is 1.71 bits per heavy atom. The van der Waals surface area contributed by atoms with Crippen LogP contribution in [0.5, 0.6) is 5.75 Å². The molecule has 1 atom stereocenters. The van der Waals surface area contributed by atoms with Gasteiger partial charge in [0.25, 0.3) is 10.0 Å². The van der Waals surface area contributed by atoms with Crippen LogP contribution in [0.2, 0.25) is 0 Å². The van der Waals surface area contributed by atoms with Gasteiger partial charge in [0.15, 0.2) is 0 Å². The first-order valence-electron chi connectivity index (χ1n) is 10.2. The van der Waals surface area contributed by atoms with E-state index < -0.39 is 31.9 Å². The molecule has 8 nitrogen and oxygen atoms in total. The van der Waals surface area contributed by atoms with Crippen LogP contribution in [0.1, 0.15) is 23.6 Å². The molecule has 0 fully saturated rings. The van der Waals surface area contributed by atoms with E-state index in [0.29, 0.717) is 28.3 Å². The van der Waals surface area contributed by atoms with Gasteiger partial charge in [-0.3, -0.25) is 4.72 Å². The minimum absolute atomic E-state index is 0.0979. The number of hydrazone groups is 1. The summed E-state index contributed by atoms with van der Waals surface area (Å²) in [4.78, 5) is -0.0979. The fourth-order valence-corrected chi connectivity index (χ4v) is 5.66. The van der Waals surface area contributed by atoms with Crippen molar-refractivity contribution < 1.29 is 26.0 Å². The van der Waals surface area contributed by atoms with Crippen molar-refractivity contribution in [2.45, 2.75) is 17.4 Å².